The molecule has 2 aromatic rings. The molecule has 1 aliphatic heterocycles. The minimum atomic E-state index is -0.440. The van der Waals surface area contributed by atoms with E-state index in [9.17, 15) is 9.50 Å². The molecular formula is C15H19FN4O2. The van der Waals surface area contributed by atoms with Crippen molar-refractivity contribution in [1.29, 1.82) is 0 Å². The van der Waals surface area contributed by atoms with Crippen molar-refractivity contribution >= 4 is 5.95 Å². The Hall–Kier alpha value is -1.99. The van der Waals surface area contributed by atoms with Gasteiger partial charge in [0.05, 0.1) is 12.6 Å². The average Bonchev–Trinajstić information content (AvgIpc) is 3.06. The normalized spacial score (nSPS) is 22.2. The molecule has 118 valence electrons. The summed E-state index contributed by atoms with van der Waals surface area (Å²) in [4.78, 5) is 8.09. The lowest BCUT2D eigenvalue weighted by Crippen LogP contribution is -2.24. The summed E-state index contributed by atoms with van der Waals surface area (Å²) in [6, 6.07) is 6.43. The molecule has 3 rings (SSSR count). The standard InChI is InChI=1S/C15H19FN4O2/c1-19(2)15-17-14(22-18-15)9-20-8-12(21)7-13(20)10-4-3-5-11(16)6-10/h3-6,12-13,21H,7-9H2,1-2H3/t12-,13-/m0/s1. The van der Waals surface area contributed by atoms with Crippen LogP contribution in [0.2, 0.25) is 0 Å². The van der Waals surface area contributed by atoms with Gasteiger partial charge in [0.1, 0.15) is 5.82 Å². The Morgan fingerprint density at radius 2 is 2.27 bits per heavy atom. The molecule has 1 saturated heterocycles. The van der Waals surface area contributed by atoms with Crippen molar-refractivity contribution in [3.8, 4) is 0 Å². The molecule has 0 amide bonds. The molecule has 7 heteroatoms. The number of aromatic nitrogens is 2. The molecule has 6 nitrogen and oxygen atoms in total. The van der Waals surface area contributed by atoms with Gasteiger partial charge in [0, 0.05) is 26.7 Å². The molecule has 1 aliphatic rings. The number of β-amino-alcohol motifs (C(OH)–C–C–N with tert-alkyl or cyclic N) is 1. The van der Waals surface area contributed by atoms with E-state index in [1.165, 1.54) is 12.1 Å². The lowest BCUT2D eigenvalue weighted by molar-refractivity contribution is 0.164. The van der Waals surface area contributed by atoms with Gasteiger partial charge in [-0.1, -0.05) is 12.1 Å². The Morgan fingerprint density at radius 3 is 2.95 bits per heavy atom. The smallest absolute Gasteiger partial charge is 0.265 e. The van der Waals surface area contributed by atoms with E-state index in [1.54, 1.807) is 11.0 Å². The van der Waals surface area contributed by atoms with Gasteiger partial charge in [0.2, 0.25) is 5.89 Å². The molecule has 0 unspecified atom stereocenters. The predicted octanol–water partition coefficient (Wildman–Crippen LogP) is 1.58. The number of nitrogens with zero attached hydrogens (tertiary/aromatic N) is 4. The van der Waals surface area contributed by atoms with Crippen molar-refractivity contribution in [2.45, 2.75) is 25.1 Å². The second-order valence-electron chi connectivity index (χ2n) is 5.77. The van der Waals surface area contributed by atoms with E-state index in [0.29, 0.717) is 31.3 Å². The molecule has 0 bridgehead atoms. The Morgan fingerprint density at radius 1 is 1.45 bits per heavy atom. The lowest BCUT2D eigenvalue weighted by atomic mass is 10.0. The van der Waals surface area contributed by atoms with Crippen LogP contribution in [0.3, 0.4) is 0 Å². The van der Waals surface area contributed by atoms with Crippen molar-refractivity contribution < 1.29 is 14.0 Å². The molecule has 0 aliphatic carbocycles. The van der Waals surface area contributed by atoms with Gasteiger partial charge in [0.25, 0.3) is 5.95 Å². The fraction of sp³-hybridized carbons (Fsp3) is 0.467. The number of anilines is 1. The lowest BCUT2D eigenvalue weighted by Gasteiger charge is -2.22. The maximum Gasteiger partial charge on any atom is 0.265 e. The largest absolute Gasteiger partial charge is 0.392 e. The molecule has 1 fully saturated rings. The highest BCUT2D eigenvalue weighted by molar-refractivity contribution is 5.24. The SMILES string of the molecule is CN(C)c1noc(CN2C[C@@H](O)C[C@H]2c2cccc(F)c2)n1. The first-order valence-corrected chi connectivity index (χ1v) is 7.20. The van der Waals surface area contributed by atoms with Crippen LogP contribution >= 0.6 is 0 Å². The third kappa shape index (κ3) is 3.10. The fourth-order valence-electron chi connectivity index (χ4n) is 2.78. The number of hydrogen-bond acceptors (Lipinski definition) is 6. The number of rotatable bonds is 4. The van der Waals surface area contributed by atoms with E-state index in [2.05, 4.69) is 10.1 Å². The Bertz CT molecular complexity index is 646. The van der Waals surface area contributed by atoms with E-state index in [1.807, 2.05) is 25.1 Å². The molecule has 2 atom stereocenters. The van der Waals surface area contributed by atoms with Crippen LogP contribution in [0.1, 0.15) is 23.9 Å². The minimum Gasteiger partial charge on any atom is -0.392 e. The maximum atomic E-state index is 13.4. The van der Waals surface area contributed by atoms with Crippen molar-refractivity contribution in [3.63, 3.8) is 0 Å². The summed E-state index contributed by atoms with van der Waals surface area (Å²) in [6.45, 7) is 0.930. The highest BCUT2D eigenvalue weighted by Gasteiger charge is 2.33. The van der Waals surface area contributed by atoms with Gasteiger partial charge in [-0.05, 0) is 29.3 Å². The number of likely N-dealkylation sites (tertiary alicyclic amines) is 1. The van der Waals surface area contributed by atoms with Gasteiger partial charge in [-0.2, -0.15) is 4.98 Å². The summed E-state index contributed by atoms with van der Waals surface area (Å²) in [5.74, 6) is 0.725. The van der Waals surface area contributed by atoms with Gasteiger partial charge < -0.3 is 14.5 Å². The molecular weight excluding hydrogens is 287 g/mol. The summed E-state index contributed by atoms with van der Waals surface area (Å²) >= 11 is 0. The average molecular weight is 306 g/mol. The molecule has 0 spiro atoms. The number of aliphatic hydroxyl groups is 1. The summed E-state index contributed by atoms with van der Waals surface area (Å²) in [5, 5.41) is 13.8. The zero-order valence-corrected chi connectivity index (χ0v) is 12.6. The van der Waals surface area contributed by atoms with Gasteiger partial charge in [-0.15, -0.1) is 0 Å². The number of aliphatic hydroxyl groups excluding tert-OH is 1. The Balaban J connectivity index is 1.78. The van der Waals surface area contributed by atoms with Crippen LogP contribution in [0.25, 0.3) is 0 Å². The minimum absolute atomic E-state index is 0.0552. The maximum absolute atomic E-state index is 13.4. The molecule has 2 heterocycles. The van der Waals surface area contributed by atoms with Crippen molar-refractivity contribution in [3.05, 3.63) is 41.5 Å². The van der Waals surface area contributed by atoms with Crippen molar-refractivity contribution in [2.75, 3.05) is 25.5 Å². The van der Waals surface area contributed by atoms with Crippen molar-refractivity contribution in [2.24, 2.45) is 0 Å². The summed E-state index contributed by atoms with van der Waals surface area (Å²) in [5.41, 5.74) is 0.851. The third-order valence-electron chi connectivity index (χ3n) is 3.81. The van der Waals surface area contributed by atoms with Crippen LogP contribution in [-0.4, -0.2) is 46.9 Å². The first kappa shape index (κ1) is 14.9. The molecule has 1 aromatic heterocycles. The second-order valence-corrected chi connectivity index (χ2v) is 5.77. The Labute approximate surface area is 128 Å². The number of benzene rings is 1. The van der Waals surface area contributed by atoms with E-state index in [0.717, 1.165) is 5.56 Å². The highest BCUT2D eigenvalue weighted by atomic mass is 19.1. The molecule has 1 N–H and O–H groups in total. The number of halogens is 1. The molecule has 0 saturated carbocycles. The van der Waals surface area contributed by atoms with Gasteiger partial charge in [-0.25, -0.2) is 4.39 Å². The van der Waals surface area contributed by atoms with E-state index >= 15 is 0 Å². The van der Waals surface area contributed by atoms with E-state index in [-0.39, 0.29) is 11.9 Å². The molecule has 22 heavy (non-hydrogen) atoms. The third-order valence-corrected chi connectivity index (χ3v) is 3.81. The van der Waals surface area contributed by atoms with Crippen LogP contribution in [0.5, 0.6) is 0 Å². The summed E-state index contributed by atoms with van der Waals surface area (Å²) in [7, 11) is 3.67. The zero-order chi connectivity index (χ0) is 15.7. The van der Waals surface area contributed by atoms with E-state index < -0.39 is 6.10 Å². The number of hydrogen-bond donors (Lipinski definition) is 1. The second kappa shape index (κ2) is 6.02. The molecule has 0 radical (unpaired) electrons. The zero-order valence-electron chi connectivity index (χ0n) is 12.6. The van der Waals surface area contributed by atoms with Gasteiger partial charge in [-0.3, -0.25) is 4.90 Å². The van der Waals surface area contributed by atoms with Gasteiger partial charge >= 0.3 is 0 Å². The Kier molecular flexibility index (Phi) is 4.08. The summed E-state index contributed by atoms with van der Waals surface area (Å²) in [6.07, 6.45) is 0.127. The van der Waals surface area contributed by atoms with Crippen LogP contribution in [-0.2, 0) is 6.54 Å². The quantitative estimate of drug-likeness (QED) is 0.925. The highest BCUT2D eigenvalue weighted by Crippen LogP contribution is 2.33. The van der Waals surface area contributed by atoms with Crippen LogP contribution < -0.4 is 4.90 Å². The summed E-state index contributed by atoms with van der Waals surface area (Å²) < 4.78 is 18.7. The predicted molar refractivity (Wildman–Crippen MR) is 78.8 cm³/mol. The topological polar surface area (TPSA) is 65.6 Å². The van der Waals surface area contributed by atoms with Crippen LogP contribution in [0.15, 0.2) is 28.8 Å². The van der Waals surface area contributed by atoms with Gasteiger partial charge in [0.15, 0.2) is 0 Å². The fourth-order valence-corrected chi connectivity index (χ4v) is 2.78. The molecule has 1 aromatic carbocycles. The first-order chi connectivity index (χ1) is 10.5. The monoisotopic (exact) mass is 306 g/mol. The van der Waals surface area contributed by atoms with Crippen LogP contribution in [0, 0.1) is 5.82 Å². The van der Waals surface area contributed by atoms with Crippen molar-refractivity contribution in [1.82, 2.24) is 15.0 Å². The van der Waals surface area contributed by atoms with Crippen LogP contribution in [0.4, 0.5) is 10.3 Å². The van der Waals surface area contributed by atoms with E-state index in [4.69, 9.17) is 4.52 Å². The first-order valence-electron chi connectivity index (χ1n) is 7.20.